The Labute approximate surface area is 109 Å². The molecule has 0 amide bonds. The third-order valence-electron chi connectivity index (χ3n) is 2.49. The molecule has 6 heteroatoms. The minimum absolute atomic E-state index is 0.574. The quantitative estimate of drug-likeness (QED) is 0.610. The highest BCUT2D eigenvalue weighted by molar-refractivity contribution is 7.20. The average Bonchev–Trinajstić information content (AvgIpc) is 2.94. The summed E-state index contributed by atoms with van der Waals surface area (Å²) in [6.45, 7) is 0. The maximum atomic E-state index is 12.6. The lowest BCUT2D eigenvalue weighted by Crippen LogP contribution is -2.00. The highest BCUT2D eigenvalue weighted by Gasteiger charge is 2.32. The van der Waals surface area contributed by atoms with Crippen LogP contribution in [-0.2, 0) is 6.18 Å². The summed E-state index contributed by atoms with van der Waals surface area (Å²) in [6, 6.07) is 10.1. The number of fused-ring (bicyclic) bond motifs is 1. The molecule has 0 aliphatic carbocycles. The molecule has 3 rings (SSSR count). The highest BCUT2D eigenvalue weighted by Crippen LogP contribution is 2.41. The first-order chi connectivity index (χ1) is 8.55. The molecule has 2 aromatic heterocycles. The van der Waals surface area contributed by atoms with Crippen LogP contribution in [0.5, 0.6) is 0 Å². The van der Waals surface area contributed by atoms with Gasteiger partial charge in [0.15, 0.2) is 0 Å². The summed E-state index contributed by atoms with van der Waals surface area (Å²) in [5, 5.41) is 0.901. The molecule has 1 nitrogen and oxygen atoms in total. The molecule has 0 aliphatic rings. The maximum absolute atomic E-state index is 12.6. The molecular weight excluding hydrogens is 279 g/mol. The molecule has 3 aromatic rings. The number of hydrogen-bond donors (Lipinski definition) is 0. The van der Waals surface area contributed by atoms with Crippen LogP contribution in [0.25, 0.3) is 20.7 Å². The molecular formula is C12H6F3NS2. The summed E-state index contributed by atoms with van der Waals surface area (Å²) in [6.07, 6.45) is -4.27. The molecule has 0 atom stereocenters. The number of halogens is 3. The fourth-order valence-corrected chi connectivity index (χ4v) is 3.52. The van der Waals surface area contributed by atoms with Crippen LogP contribution in [0.1, 0.15) is 4.88 Å². The van der Waals surface area contributed by atoms with Gasteiger partial charge in [-0.2, -0.15) is 17.5 Å². The topological polar surface area (TPSA) is 12.9 Å². The van der Waals surface area contributed by atoms with Crippen molar-refractivity contribution in [1.82, 2.24) is 4.37 Å². The Morgan fingerprint density at radius 2 is 1.78 bits per heavy atom. The number of hydrogen-bond acceptors (Lipinski definition) is 3. The second-order valence-corrected chi connectivity index (χ2v) is 5.55. The Kier molecular flexibility index (Phi) is 2.64. The normalized spacial score (nSPS) is 12.2. The first-order valence-electron chi connectivity index (χ1n) is 5.07. The van der Waals surface area contributed by atoms with Gasteiger partial charge in [0.25, 0.3) is 0 Å². The van der Waals surface area contributed by atoms with Crippen LogP contribution < -0.4 is 0 Å². The molecule has 0 saturated carbocycles. The summed E-state index contributed by atoms with van der Waals surface area (Å²) in [5.74, 6) is 0. The molecule has 0 aliphatic heterocycles. The predicted octanol–water partition coefficient (Wildman–Crippen LogP) is 5.04. The van der Waals surface area contributed by atoms with Crippen molar-refractivity contribution in [3.8, 4) is 9.75 Å². The van der Waals surface area contributed by atoms with Gasteiger partial charge in [-0.15, -0.1) is 11.3 Å². The molecule has 0 saturated heterocycles. The fraction of sp³-hybridized carbons (Fsp3) is 0.0833. The van der Waals surface area contributed by atoms with Gasteiger partial charge in [0.05, 0.1) is 10.4 Å². The van der Waals surface area contributed by atoms with Crippen molar-refractivity contribution in [1.29, 1.82) is 0 Å². The van der Waals surface area contributed by atoms with Crippen LogP contribution in [0.3, 0.4) is 0 Å². The number of thiophene rings is 1. The van der Waals surface area contributed by atoms with Gasteiger partial charge in [-0.25, -0.2) is 0 Å². The highest BCUT2D eigenvalue weighted by atomic mass is 32.1. The minimum atomic E-state index is -4.27. The van der Waals surface area contributed by atoms with Gasteiger partial charge in [-0.05, 0) is 29.7 Å². The Bertz CT molecular complexity index is 696. The van der Waals surface area contributed by atoms with Gasteiger partial charge in [-0.1, -0.05) is 18.2 Å². The van der Waals surface area contributed by atoms with E-state index < -0.39 is 11.1 Å². The molecule has 0 fully saturated rings. The third-order valence-corrected chi connectivity index (χ3v) is 4.68. The summed E-state index contributed by atoms with van der Waals surface area (Å²) in [4.78, 5) is 0.835. The van der Waals surface area contributed by atoms with Crippen molar-refractivity contribution in [3.05, 3.63) is 41.3 Å². The Balaban J connectivity index is 2.13. The van der Waals surface area contributed by atoms with Crippen LogP contribution in [0.4, 0.5) is 13.2 Å². The first kappa shape index (κ1) is 11.7. The molecule has 0 radical (unpaired) electrons. The van der Waals surface area contributed by atoms with Crippen LogP contribution in [0.2, 0.25) is 0 Å². The van der Waals surface area contributed by atoms with Crippen molar-refractivity contribution in [3.63, 3.8) is 0 Å². The second kappa shape index (κ2) is 4.07. The van der Waals surface area contributed by atoms with Crippen LogP contribution in [0.15, 0.2) is 36.4 Å². The van der Waals surface area contributed by atoms with Crippen molar-refractivity contribution in [2.45, 2.75) is 6.18 Å². The van der Waals surface area contributed by atoms with E-state index in [4.69, 9.17) is 0 Å². The summed E-state index contributed by atoms with van der Waals surface area (Å²) in [5.41, 5.74) is 0.819. The van der Waals surface area contributed by atoms with Crippen molar-refractivity contribution >= 4 is 33.8 Å². The number of aromatic nitrogens is 1. The third kappa shape index (κ3) is 1.91. The Hall–Kier alpha value is -1.40. The number of rotatable bonds is 1. The van der Waals surface area contributed by atoms with Gasteiger partial charge < -0.3 is 0 Å². The molecule has 92 valence electrons. The maximum Gasteiger partial charge on any atom is 0.425 e. The largest absolute Gasteiger partial charge is 0.425 e. The van der Waals surface area contributed by atoms with E-state index in [-0.39, 0.29) is 0 Å². The van der Waals surface area contributed by atoms with Crippen LogP contribution in [-0.4, -0.2) is 4.37 Å². The second-order valence-electron chi connectivity index (χ2n) is 3.69. The van der Waals surface area contributed by atoms with Crippen molar-refractivity contribution in [2.75, 3.05) is 0 Å². The van der Waals surface area contributed by atoms with Gasteiger partial charge in [-0.3, -0.25) is 0 Å². The number of nitrogens with zero attached hydrogens (tertiary/aromatic N) is 1. The fourth-order valence-electron chi connectivity index (χ4n) is 1.68. The standard InChI is InChI=1S/C12H6F3NS2/c13-12(14,15)10-6-5-9(17-10)11-7-3-1-2-4-8(7)16-18-11/h1-6H. The van der Waals surface area contributed by atoms with Crippen LogP contribution in [0, 0.1) is 0 Å². The van der Waals surface area contributed by atoms with E-state index in [0.29, 0.717) is 4.88 Å². The van der Waals surface area contributed by atoms with E-state index in [9.17, 15) is 13.2 Å². The minimum Gasteiger partial charge on any atom is -0.192 e. The van der Waals surface area contributed by atoms with E-state index in [1.165, 1.54) is 17.6 Å². The van der Waals surface area contributed by atoms with Crippen LogP contribution >= 0.6 is 22.9 Å². The molecule has 0 spiro atoms. The molecule has 1 aromatic carbocycles. The number of benzene rings is 1. The molecule has 0 N–H and O–H groups in total. The molecule has 0 bridgehead atoms. The predicted molar refractivity (Wildman–Crippen MR) is 67.9 cm³/mol. The van der Waals surface area contributed by atoms with E-state index in [1.54, 1.807) is 0 Å². The monoisotopic (exact) mass is 285 g/mol. The SMILES string of the molecule is FC(F)(F)c1ccc(-c2snc3ccccc23)s1. The summed E-state index contributed by atoms with van der Waals surface area (Å²) in [7, 11) is 0. The van der Waals surface area contributed by atoms with Gasteiger partial charge in [0, 0.05) is 10.3 Å². The molecule has 18 heavy (non-hydrogen) atoms. The first-order valence-corrected chi connectivity index (χ1v) is 6.66. The molecule has 0 unspecified atom stereocenters. The van der Waals surface area contributed by atoms with E-state index in [2.05, 4.69) is 4.37 Å². The van der Waals surface area contributed by atoms with E-state index in [1.807, 2.05) is 24.3 Å². The zero-order valence-electron chi connectivity index (χ0n) is 8.86. The zero-order chi connectivity index (χ0) is 12.8. The van der Waals surface area contributed by atoms with Crippen molar-refractivity contribution < 1.29 is 13.2 Å². The average molecular weight is 285 g/mol. The van der Waals surface area contributed by atoms with Gasteiger partial charge >= 0.3 is 6.18 Å². The van der Waals surface area contributed by atoms with Crippen molar-refractivity contribution in [2.24, 2.45) is 0 Å². The zero-order valence-corrected chi connectivity index (χ0v) is 10.5. The van der Waals surface area contributed by atoms with E-state index in [0.717, 1.165) is 33.2 Å². The van der Waals surface area contributed by atoms with Gasteiger partial charge in [0.2, 0.25) is 0 Å². The molecule has 2 heterocycles. The Morgan fingerprint density at radius 3 is 2.50 bits per heavy atom. The number of alkyl halides is 3. The summed E-state index contributed by atoms with van der Waals surface area (Å²) >= 11 is 1.99. The lowest BCUT2D eigenvalue weighted by atomic mass is 10.2. The lowest BCUT2D eigenvalue weighted by molar-refractivity contribution is -0.134. The van der Waals surface area contributed by atoms with E-state index >= 15 is 0 Å². The Morgan fingerprint density at radius 1 is 1.00 bits per heavy atom. The summed E-state index contributed by atoms with van der Waals surface area (Å²) < 4.78 is 41.9. The van der Waals surface area contributed by atoms with Gasteiger partial charge in [0.1, 0.15) is 4.88 Å². The lowest BCUT2D eigenvalue weighted by Gasteiger charge is -2.00. The smallest absolute Gasteiger partial charge is 0.192 e.